The number of rotatable bonds is 7. The van der Waals surface area contributed by atoms with E-state index in [4.69, 9.17) is 0 Å². The second-order valence-electron chi connectivity index (χ2n) is 7.13. The molecular formula is C20H27N3OS2. The number of thioether (sulfide) groups is 1. The van der Waals surface area contributed by atoms with Crippen LogP contribution in [0.3, 0.4) is 0 Å². The maximum atomic E-state index is 12.1. The summed E-state index contributed by atoms with van der Waals surface area (Å²) < 4.78 is 0. The number of carbonyl (C=O) groups is 1. The van der Waals surface area contributed by atoms with Gasteiger partial charge in [-0.3, -0.25) is 9.69 Å². The highest BCUT2D eigenvalue weighted by Crippen LogP contribution is 2.21. The van der Waals surface area contributed by atoms with Crippen LogP contribution in [0.4, 0.5) is 5.13 Å². The summed E-state index contributed by atoms with van der Waals surface area (Å²) in [5.41, 5.74) is 3.58. The molecule has 3 rings (SSSR count). The molecule has 1 saturated heterocycles. The highest BCUT2D eigenvalue weighted by molar-refractivity contribution is 7.99. The third-order valence-electron chi connectivity index (χ3n) is 4.64. The Morgan fingerprint density at radius 2 is 2.19 bits per heavy atom. The van der Waals surface area contributed by atoms with E-state index in [0.717, 1.165) is 37.0 Å². The molecule has 1 aliphatic heterocycles. The van der Waals surface area contributed by atoms with E-state index in [1.165, 1.54) is 35.3 Å². The molecule has 4 nitrogen and oxygen atoms in total. The Labute approximate surface area is 164 Å². The molecular weight excluding hydrogens is 362 g/mol. The first-order valence-electron chi connectivity index (χ1n) is 9.18. The number of piperidine rings is 1. The van der Waals surface area contributed by atoms with Crippen LogP contribution in [0.25, 0.3) is 0 Å². The number of aryl methyl sites for hydroxylation is 1. The van der Waals surface area contributed by atoms with Crippen molar-refractivity contribution in [1.82, 2.24) is 9.88 Å². The number of amides is 1. The molecule has 6 heteroatoms. The number of hydrogen-bond acceptors (Lipinski definition) is 5. The number of aromatic nitrogens is 1. The topological polar surface area (TPSA) is 45.2 Å². The van der Waals surface area contributed by atoms with Crippen molar-refractivity contribution in [3.63, 3.8) is 0 Å². The summed E-state index contributed by atoms with van der Waals surface area (Å²) in [6.07, 6.45) is 2.54. The predicted molar refractivity (Wildman–Crippen MR) is 112 cm³/mol. The van der Waals surface area contributed by atoms with Crippen molar-refractivity contribution in [2.45, 2.75) is 39.0 Å². The standard InChI is InChI=1S/C20H27N3OS2/c1-15-6-8-23(9-7-15)11-18-13-26-20(21-18)22-19(24)14-25-12-17-5-3-4-16(2)10-17/h3-5,10,13,15H,6-9,11-12,14H2,1-2H3,(H,21,22,24). The van der Waals surface area contributed by atoms with Crippen LogP contribution >= 0.6 is 23.1 Å². The fourth-order valence-corrected chi connectivity index (χ4v) is 4.60. The van der Waals surface area contributed by atoms with Crippen LogP contribution in [-0.2, 0) is 17.1 Å². The van der Waals surface area contributed by atoms with E-state index in [1.807, 2.05) is 0 Å². The minimum atomic E-state index is 0.0235. The van der Waals surface area contributed by atoms with Gasteiger partial charge < -0.3 is 5.32 Å². The van der Waals surface area contributed by atoms with Gasteiger partial charge in [0.25, 0.3) is 0 Å². The maximum absolute atomic E-state index is 12.1. The van der Waals surface area contributed by atoms with Gasteiger partial charge in [0.2, 0.25) is 5.91 Å². The molecule has 1 amide bonds. The third-order valence-corrected chi connectivity index (χ3v) is 6.45. The molecule has 0 saturated carbocycles. The van der Waals surface area contributed by atoms with Gasteiger partial charge in [-0.1, -0.05) is 36.8 Å². The summed E-state index contributed by atoms with van der Waals surface area (Å²) in [6.45, 7) is 7.60. The van der Waals surface area contributed by atoms with Gasteiger partial charge in [-0.25, -0.2) is 4.98 Å². The van der Waals surface area contributed by atoms with E-state index < -0.39 is 0 Å². The number of benzene rings is 1. The average Bonchev–Trinajstić information content (AvgIpc) is 3.04. The van der Waals surface area contributed by atoms with Crippen molar-refractivity contribution in [3.8, 4) is 0 Å². The molecule has 2 aromatic rings. The molecule has 1 N–H and O–H groups in total. The number of nitrogens with zero attached hydrogens (tertiary/aromatic N) is 2. The average molecular weight is 390 g/mol. The summed E-state index contributed by atoms with van der Waals surface area (Å²) in [4.78, 5) is 19.2. The van der Waals surface area contributed by atoms with Crippen molar-refractivity contribution in [1.29, 1.82) is 0 Å². The molecule has 0 atom stereocenters. The van der Waals surface area contributed by atoms with Gasteiger partial charge >= 0.3 is 0 Å². The summed E-state index contributed by atoms with van der Waals surface area (Å²) in [6, 6.07) is 8.42. The van der Waals surface area contributed by atoms with Crippen molar-refractivity contribution in [2.24, 2.45) is 5.92 Å². The quantitative estimate of drug-likeness (QED) is 0.754. The number of anilines is 1. The van der Waals surface area contributed by atoms with Crippen LogP contribution in [0.15, 0.2) is 29.6 Å². The van der Waals surface area contributed by atoms with Gasteiger partial charge in [0.15, 0.2) is 5.13 Å². The van der Waals surface area contributed by atoms with Crippen molar-refractivity contribution in [2.75, 3.05) is 24.2 Å². The zero-order valence-corrected chi connectivity index (χ0v) is 17.2. The number of likely N-dealkylation sites (tertiary alicyclic amines) is 1. The first kappa shape index (κ1) is 19.4. The largest absolute Gasteiger partial charge is 0.301 e. The predicted octanol–water partition coefficient (Wildman–Crippen LogP) is 4.56. The normalized spacial score (nSPS) is 15.9. The number of carbonyl (C=O) groups excluding carboxylic acids is 1. The first-order chi connectivity index (χ1) is 12.6. The van der Waals surface area contributed by atoms with Gasteiger partial charge in [0, 0.05) is 17.7 Å². The Morgan fingerprint density at radius 1 is 1.38 bits per heavy atom. The fourth-order valence-electron chi connectivity index (χ4n) is 3.11. The lowest BCUT2D eigenvalue weighted by Gasteiger charge is -2.29. The van der Waals surface area contributed by atoms with Crippen LogP contribution in [0, 0.1) is 12.8 Å². The summed E-state index contributed by atoms with van der Waals surface area (Å²) in [5.74, 6) is 2.17. The van der Waals surface area contributed by atoms with Crippen LogP contribution in [0.2, 0.25) is 0 Å². The second kappa shape index (κ2) is 9.53. The maximum Gasteiger partial charge on any atom is 0.236 e. The smallest absolute Gasteiger partial charge is 0.236 e. The molecule has 1 fully saturated rings. The molecule has 0 spiro atoms. The lowest BCUT2D eigenvalue weighted by Crippen LogP contribution is -2.32. The van der Waals surface area contributed by atoms with Gasteiger partial charge in [-0.2, -0.15) is 0 Å². The molecule has 0 aliphatic carbocycles. The molecule has 26 heavy (non-hydrogen) atoms. The summed E-state index contributed by atoms with van der Waals surface area (Å²) >= 11 is 3.15. The number of nitrogens with one attached hydrogen (secondary N) is 1. The van der Waals surface area contributed by atoms with E-state index in [9.17, 15) is 4.79 Å². The Morgan fingerprint density at radius 3 is 2.96 bits per heavy atom. The molecule has 1 aliphatic rings. The fraction of sp³-hybridized carbons (Fsp3) is 0.500. The third kappa shape index (κ3) is 6.11. The van der Waals surface area contributed by atoms with Crippen molar-refractivity contribution in [3.05, 3.63) is 46.5 Å². The van der Waals surface area contributed by atoms with E-state index in [-0.39, 0.29) is 5.91 Å². The molecule has 1 aromatic heterocycles. The number of hydrogen-bond donors (Lipinski definition) is 1. The molecule has 0 radical (unpaired) electrons. The van der Waals surface area contributed by atoms with Gasteiger partial charge in [0.05, 0.1) is 11.4 Å². The zero-order chi connectivity index (χ0) is 18.4. The molecule has 2 heterocycles. The Kier molecular flexibility index (Phi) is 7.11. The van der Waals surface area contributed by atoms with Crippen molar-refractivity contribution < 1.29 is 4.79 Å². The lowest BCUT2D eigenvalue weighted by molar-refractivity contribution is -0.113. The highest BCUT2D eigenvalue weighted by atomic mass is 32.2. The van der Waals surface area contributed by atoms with Gasteiger partial charge in [0.1, 0.15) is 0 Å². The summed E-state index contributed by atoms with van der Waals surface area (Å²) in [5, 5.41) is 5.71. The van der Waals surface area contributed by atoms with Crippen LogP contribution in [0.5, 0.6) is 0 Å². The Hall–Kier alpha value is -1.37. The minimum Gasteiger partial charge on any atom is -0.301 e. The van der Waals surface area contributed by atoms with E-state index in [1.54, 1.807) is 11.8 Å². The van der Waals surface area contributed by atoms with Gasteiger partial charge in [-0.05, 0) is 44.3 Å². The van der Waals surface area contributed by atoms with Gasteiger partial charge in [-0.15, -0.1) is 23.1 Å². The molecule has 0 unspecified atom stereocenters. The van der Waals surface area contributed by atoms with Crippen LogP contribution in [-0.4, -0.2) is 34.6 Å². The van der Waals surface area contributed by atoms with Crippen LogP contribution < -0.4 is 5.32 Å². The molecule has 140 valence electrons. The van der Waals surface area contributed by atoms with E-state index in [2.05, 4.69) is 58.7 Å². The monoisotopic (exact) mass is 389 g/mol. The Balaban J connectivity index is 1.40. The molecule has 1 aromatic carbocycles. The van der Waals surface area contributed by atoms with E-state index >= 15 is 0 Å². The highest BCUT2D eigenvalue weighted by Gasteiger charge is 2.17. The van der Waals surface area contributed by atoms with Crippen LogP contribution in [0.1, 0.15) is 36.6 Å². The minimum absolute atomic E-state index is 0.0235. The zero-order valence-electron chi connectivity index (χ0n) is 15.5. The number of thiazole rings is 1. The summed E-state index contributed by atoms with van der Waals surface area (Å²) in [7, 11) is 0. The van der Waals surface area contributed by atoms with Crippen molar-refractivity contribution >= 4 is 34.1 Å². The van der Waals surface area contributed by atoms with E-state index in [0.29, 0.717) is 10.9 Å². The first-order valence-corrected chi connectivity index (χ1v) is 11.2. The molecule has 0 bridgehead atoms. The Bertz CT molecular complexity index is 723. The second-order valence-corrected chi connectivity index (χ2v) is 8.98. The lowest BCUT2D eigenvalue weighted by atomic mass is 9.99. The SMILES string of the molecule is Cc1cccc(CSCC(=O)Nc2nc(CN3CCC(C)CC3)cs2)c1.